The number of nitrogens with zero attached hydrogens (tertiary/aromatic N) is 2. The number of anilines is 1. The Labute approximate surface area is 176 Å². The van der Waals surface area contributed by atoms with E-state index in [0.29, 0.717) is 15.6 Å². The molecule has 148 valence electrons. The SMILES string of the molecule is O=C(Cc1ccc2ccccc2c1)N(Cc1ccco1)c1nc2c(F)cccc2s1. The van der Waals surface area contributed by atoms with Crippen molar-refractivity contribution in [3.63, 3.8) is 0 Å². The number of furan rings is 1. The van der Waals surface area contributed by atoms with Gasteiger partial charge < -0.3 is 4.42 Å². The van der Waals surface area contributed by atoms with Gasteiger partial charge in [0.25, 0.3) is 0 Å². The standard InChI is InChI=1S/C24H17FN2O2S/c25-20-8-3-9-21-23(20)26-24(30-21)27(15-19-7-4-12-29-19)22(28)14-16-10-11-17-5-1-2-6-18(17)13-16/h1-13H,14-15H2. The maximum atomic E-state index is 14.2. The van der Waals surface area contributed by atoms with Crippen LogP contribution in [0.3, 0.4) is 0 Å². The third-order valence-electron chi connectivity index (χ3n) is 4.95. The van der Waals surface area contributed by atoms with Gasteiger partial charge in [-0.05, 0) is 40.6 Å². The summed E-state index contributed by atoms with van der Waals surface area (Å²) in [5, 5.41) is 2.67. The molecule has 1 amide bonds. The highest BCUT2D eigenvalue weighted by Crippen LogP contribution is 2.31. The Morgan fingerprint density at radius 2 is 1.87 bits per heavy atom. The van der Waals surface area contributed by atoms with Gasteiger partial charge in [-0.1, -0.05) is 59.9 Å². The minimum Gasteiger partial charge on any atom is -0.467 e. The molecule has 0 atom stereocenters. The van der Waals surface area contributed by atoms with Crippen molar-refractivity contribution in [2.24, 2.45) is 0 Å². The fraction of sp³-hybridized carbons (Fsp3) is 0.0833. The van der Waals surface area contributed by atoms with Gasteiger partial charge in [-0.15, -0.1) is 0 Å². The number of hydrogen-bond donors (Lipinski definition) is 0. The zero-order chi connectivity index (χ0) is 20.5. The second kappa shape index (κ2) is 7.72. The second-order valence-electron chi connectivity index (χ2n) is 7.00. The maximum Gasteiger partial charge on any atom is 0.233 e. The summed E-state index contributed by atoms with van der Waals surface area (Å²) in [5.41, 5.74) is 1.19. The number of amides is 1. The summed E-state index contributed by atoms with van der Waals surface area (Å²) in [7, 11) is 0. The van der Waals surface area contributed by atoms with Crippen molar-refractivity contribution in [2.75, 3.05) is 4.90 Å². The normalized spacial score (nSPS) is 11.2. The van der Waals surface area contributed by atoms with Crippen LogP contribution in [-0.2, 0) is 17.8 Å². The maximum absolute atomic E-state index is 14.2. The summed E-state index contributed by atoms with van der Waals surface area (Å²) in [6, 6.07) is 22.5. The Morgan fingerprint density at radius 1 is 1.00 bits per heavy atom. The lowest BCUT2D eigenvalue weighted by molar-refractivity contribution is -0.118. The minimum atomic E-state index is -0.394. The second-order valence-corrected chi connectivity index (χ2v) is 8.01. The molecule has 0 spiro atoms. The summed E-state index contributed by atoms with van der Waals surface area (Å²) in [4.78, 5) is 19.3. The predicted octanol–water partition coefficient (Wildman–Crippen LogP) is 5.96. The molecule has 2 heterocycles. The highest BCUT2D eigenvalue weighted by atomic mass is 32.1. The number of aromatic nitrogens is 1. The van der Waals surface area contributed by atoms with E-state index in [1.165, 1.54) is 17.4 Å². The summed E-state index contributed by atoms with van der Waals surface area (Å²) >= 11 is 1.30. The molecule has 5 aromatic rings. The van der Waals surface area contributed by atoms with Crippen LogP contribution in [0.15, 0.2) is 83.5 Å². The van der Waals surface area contributed by atoms with E-state index in [2.05, 4.69) is 4.98 Å². The molecule has 6 heteroatoms. The van der Waals surface area contributed by atoms with Gasteiger partial charge in [-0.3, -0.25) is 9.69 Å². The average Bonchev–Trinajstić information content (AvgIpc) is 3.42. The van der Waals surface area contributed by atoms with Gasteiger partial charge in [0.2, 0.25) is 5.91 Å². The summed E-state index contributed by atoms with van der Waals surface area (Å²) in [6.07, 6.45) is 1.78. The van der Waals surface area contributed by atoms with Crippen molar-refractivity contribution in [1.82, 2.24) is 4.98 Å². The Morgan fingerprint density at radius 3 is 2.67 bits per heavy atom. The van der Waals surface area contributed by atoms with E-state index in [1.54, 1.807) is 29.4 Å². The van der Waals surface area contributed by atoms with Gasteiger partial charge >= 0.3 is 0 Å². The zero-order valence-electron chi connectivity index (χ0n) is 15.9. The zero-order valence-corrected chi connectivity index (χ0v) is 16.7. The van der Waals surface area contributed by atoms with Crippen LogP contribution in [0, 0.1) is 5.82 Å². The molecule has 0 bridgehead atoms. The van der Waals surface area contributed by atoms with Crippen LogP contribution >= 0.6 is 11.3 Å². The molecule has 0 aliphatic carbocycles. The third kappa shape index (κ3) is 3.57. The number of hydrogen-bond acceptors (Lipinski definition) is 4. The van der Waals surface area contributed by atoms with Crippen molar-refractivity contribution < 1.29 is 13.6 Å². The highest BCUT2D eigenvalue weighted by molar-refractivity contribution is 7.22. The topological polar surface area (TPSA) is 46.3 Å². The summed E-state index contributed by atoms with van der Waals surface area (Å²) < 4.78 is 20.3. The summed E-state index contributed by atoms with van der Waals surface area (Å²) in [5.74, 6) is 0.123. The smallest absolute Gasteiger partial charge is 0.233 e. The molecule has 2 aromatic heterocycles. The molecule has 0 aliphatic heterocycles. The number of carbonyl (C=O) groups excluding carboxylic acids is 1. The monoisotopic (exact) mass is 416 g/mol. The fourth-order valence-electron chi connectivity index (χ4n) is 3.46. The lowest BCUT2D eigenvalue weighted by atomic mass is 10.0. The number of para-hydroxylation sites is 1. The van der Waals surface area contributed by atoms with Crippen molar-refractivity contribution in [3.8, 4) is 0 Å². The van der Waals surface area contributed by atoms with Crippen LogP contribution in [0.2, 0.25) is 0 Å². The average molecular weight is 416 g/mol. The van der Waals surface area contributed by atoms with Crippen molar-refractivity contribution >= 4 is 43.4 Å². The van der Waals surface area contributed by atoms with Crippen LogP contribution in [0.4, 0.5) is 9.52 Å². The molecule has 0 unspecified atom stereocenters. The van der Waals surface area contributed by atoms with E-state index in [0.717, 1.165) is 16.3 Å². The number of thiazole rings is 1. The number of carbonyl (C=O) groups is 1. The molecule has 3 aromatic carbocycles. The molecule has 0 saturated heterocycles. The number of halogens is 1. The van der Waals surface area contributed by atoms with E-state index in [1.807, 2.05) is 48.5 Å². The Kier molecular flexibility index (Phi) is 4.77. The molecule has 5 rings (SSSR count). The fourth-order valence-corrected chi connectivity index (χ4v) is 4.45. The van der Waals surface area contributed by atoms with E-state index in [9.17, 15) is 9.18 Å². The quantitative estimate of drug-likeness (QED) is 0.355. The van der Waals surface area contributed by atoms with Crippen LogP contribution in [0.25, 0.3) is 21.0 Å². The summed E-state index contributed by atoms with van der Waals surface area (Å²) in [6.45, 7) is 0.237. The van der Waals surface area contributed by atoms with Gasteiger partial charge in [-0.2, -0.15) is 0 Å². The third-order valence-corrected chi connectivity index (χ3v) is 6.00. The largest absolute Gasteiger partial charge is 0.467 e. The van der Waals surface area contributed by atoms with Crippen LogP contribution in [0.5, 0.6) is 0 Å². The minimum absolute atomic E-state index is 0.124. The van der Waals surface area contributed by atoms with Gasteiger partial charge in [0.15, 0.2) is 5.13 Å². The number of benzene rings is 3. The first-order chi connectivity index (χ1) is 14.7. The lowest BCUT2D eigenvalue weighted by Crippen LogP contribution is -2.31. The molecule has 0 N–H and O–H groups in total. The Hall–Kier alpha value is -3.51. The van der Waals surface area contributed by atoms with Crippen LogP contribution in [-0.4, -0.2) is 10.9 Å². The molecule has 0 saturated carbocycles. The first-order valence-electron chi connectivity index (χ1n) is 9.53. The Bertz CT molecular complexity index is 1340. The molecule has 4 nitrogen and oxygen atoms in total. The molecular formula is C24H17FN2O2S. The van der Waals surface area contributed by atoms with E-state index >= 15 is 0 Å². The van der Waals surface area contributed by atoms with Gasteiger partial charge in [0, 0.05) is 0 Å². The highest BCUT2D eigenvalue weighted by Gasteiger charge is 2.22. The molecule has 0 aliphatic rings. The van der Waals surface area contributed by atoms with Crippen LogP contribution in [0.1, 0.15) is 11.3 Å². The van der Waals surface area contributed by atoms with Gasteiger partial charge in [-0.25, -0.2) is 9.37 Å². The van der Waals surface area contributed by atoms with Crippen molar-refractivity contribution in [1.29, 1.82) is 0 Å². The van der Waals surface area contributed by atoms with E-state index in [-0.39, 0.29) is 24.4 Å². The van der Waals surface area contributed by atoms with Crippen molar-refractivity contribution in [2.45, 2.75) is 13.0 Å². The van der Waals surface area contributed by atoms with Crippen LogP contribution < -0.4 is 4.90 Å². The number of fused-ring (bicyclic) bond motifs is 2. The molecule has 30 heavy (non-hydrogen) atoms. The van der Waals surface area contributed by atoms with E-state index in [4.69, 9.17) is 4.42 Å². The molecule has 0 radical (unpaired) electrons. The molecule has 0 fully saturated rings. The van der Waals surface area contributed by atoms with Gasteiger partial charge in [0.1, 0.15) is 17.1 Å². The molecular weight excluding hydrogens is 399 g/mol. The predicted molar refractivity (Wildman–Crippen MR) is 117 cm³/mol. The first kappa shape index (κ1) is 18.5. The van der Waals surface area contributed by atoms with E-state index < -0.39 is 5.82 Å². The van der Waals surface area contributed by atoms with Gasteiger partial charge in [0.05, 0.1) is 23.9 Å². The lowest BCUT2D eigenvalue weighted by Gasteiger charge is -2.19. The Balaban J connectivity index is 1.49. The van der Waals surface area contributed by atoms with Crippen molar-refractivity contribution in [3.05, 3.63) is 96.2 Å². The first-order valence-corrected chi connectivity index (χ1v) is 10.3. The number of rotatable bonds is 5.